The lowest BCUT2D eigenvalue weighted by atomic mass is 10.1. The number of rotatable bonds is 6. The summed E-state index contributed by atoms with van der Waals surface area (Å²) in [5.41, 5.74) is 3.54. The Morgan fingerprint density at radius 3 is 2.67 bits per heavy atom. The first kappa shape index (κ1) is 19.2. The highest BCUT2D eigenvalue weighted by Gasteiger charge is 2.15. The van der Waals surface area contributed by atoms with Gasteiger partial charge >= 0.3 is 0 Å². The van der Waals surface area contributed by atoms with Crippen molar-refractivity contribution < 1.29 is 4.79 Å². The molecule has 1 aromatic heterocycles. The van der Waals surface area contributed by atoms with Crippen molar-refractivity contribution in [2.45, 2.75) is 32.3 Å². The van der Waals surface area contributed by atoms with E-state index in [9.17, 15) is 9.59 Å². The lowest BCUT2D eigenvalue weighted by Crippen LogP contribution is -2.27. The summed E-state index contributed by atoms with van der Waals surface area (Å²) >= 11 is 1.28. The van der Waals surface area contributed by atoms with Crippen molar-refractivity contribution in [3.05, 3.63) is 63.9 Å². The molecule has 6 heteroatoms. The van der Waals surface area contributed by atoms with Crippen LogP contribution in [-0.4, -0.2) is 27.8 Å². The Morgan fingerprint density at radius 2 is 1.93 bits per heavy atom. The highest BCUT2D eigenvalue weighted by atomic mass is 32.2. The summed E-state index contributed by atoms with van der Waals surface area (Å²) in [7, 11) is 0. The van der Waals surface area contributed by atoms with E-state index in [1.807, 2.05) is 57.2 Å². The average Bonchev–Trinajstić information content (AvgIpc) is 2.67. The first-order valence-corrected chi connectivity index (χ1v) is 9.98. The zero-order chi connectivity index (χ0) is 19.4. The summed E-state index contributed by atoms with van der Waals surface area (Å²) in [5.74, 6) is 0.159. The quantitative estimate of drug-likeness (QED) is 0.523. The van der Waals surface area contributed by atoms with Crippen LogP contribution in [0.3, 0.4) is 0 Å². The first-order valence-electron chi connectivity index (χ1n) is 9.00. The molecule has 0 aliphatic heterocycles. The fraction of sp³-hybridized carbons (Fsp3) is 0.286. The Kier molecular flexibility index (Phi) is 5.96. The van der Waals surface area contributed by atoms with E-state index in [4.69, 9.17) is 0 Å². The van der Waals surface area contributed by atoms with Crippen molar-refractivity contribution >= 4 is 28.6 Å². The Labute approximate surface area is 162 Å². The van der Waals surface area contributed by atoms with E-state index in [0.717, 1.165) is 23.2 Å². The van der Waals surface area contributed by atoms with Crippen LogP contribution in [0.2, 0.25) is 0 Å². The monoisotopic (exact) mass is 381 g/mol. The maximum absolute atomic E-state index is 13.2. The molecule has 1 heterocycles. The van der Waals surface area contributed by atoms with Crippen LogP contribution < -0.4 is 10.9 Å². The summed E-state index contributed by atoms with van der Waals surface area (Å²) in [6.45, 7) is 6.71. The largest absolute Gasteiger partial charge is 0.355 e. The fourth-order valence-electron chi connectivity index (χ4n) is 2.75. The third-order valence-corrected chi connectivity index (χ3v) is 5.34. The van der Waals surface area contributed by atoms with E-state index in [2.05, 4.69) is 10.3 Å². The summed E-state index contributed by atoms with van der Waals surface area (Å²) in [4.78, 5) is 29.9. The van der Waals surface area contributed by atoms with E-state index in [-0.39, 0.29) is 17.2 Å². The van der Waals surface area contributed by atoms with Crippen molar-refractivity contribution in [1.82, 2.24) is 14.9 Å². The standard InChI is InChI=1S/C21H23N3O2S/c1-4-11-22-19(25)13-27-21-23-18-8-6-5-7-17(18)20(26)24(21)16-10-9-14(2)15(3)12-16/h5-10,12H,4,11,13H2,1-3H3,(H,22,25). The van der Waals surface area contributed by atoms with Crippen molar-refractivity contribution in [3.63, 3.8) is 0 Å². The van der Waals surface area contributed by atoms with E-state index < -0.39 is 0 Å². The maximum atomic E-state index is 13.2. The number of thioether (sulfide) groups is 1. The summed E-state index contributed by atoms with van der Waals surface area (Å²) in [6.07, 6.45) is 0.887. The van der Waals surface area contributed by atoms with Gasteiger partial charge in [0.15, 0.2) is 5.16 Å². The van der Waals surface area contributed by atoms with Crippen LogP contribution in [0.1, 0.15) is 24.5 Å². The molecule has 3 rings (SSSR count). The van der Waals surface area contributed by atoms with Crippen molar-refractivity contribution in [2.75, 3.05) is 12.3 Å². The highest BCUT2D eigenvalue weighted by molar-refractivity contribution is 7.99. The molecule has 0 saturated heterocycles. The van der Waals surface area contributed by atoms with Crippen LogP contribution in [0.4, 0.5) is 0 Å². The third-order valence-electron chi connectivity index (χ3n) is 4.40. The van der Waals surface area contributed by atoms with Crippen LogP contribution >= 0.6 is 11.8 Å². The van der Waals surface area contributed by atoms with Gasteiger partial charge in [-0.1, -0.05) is 36.9 Å². The topological polar surface area (TPSA) is 64.0 Å². The number of benzene rings is 2. The molecule has 1 amide bonds. The normalized spacial score (nSPS) is 10.9. The number of para-hydroxylation sites is 1. The highest BCUT2D eigenvalue weighted by Crippen LogP contribution is 2.22. The molecule has 27 heavy (non-hydrogen) atoms. The molecule has 0 saturated carbocycles. The van der Waals surface area contributed by atoms with Gasteiger partial charge in [-0.15, -0.1) is 0 Å². The molecule has 1 N–H and O–H groups in total. The summed E-state index contributed by atoms with van der Waals surface area (Å²) in [6, 6.07) is 13.2. The second-order valence-electron chi connectivity index (χ2n) is 6.46. The molecule has 0 unspecified atom stereocenters. The van der Waals surface area contributed by atoms with Gasteiger partial charge < -0.3 is 5.32 Å². The van der Waals surface area contributed by atoms with E-state index in [0.29, 0.717) is 22.6 Å². The fourth-order valence-corrected chi connectivity index (χ4v) is 3.59. The van der Waals surface area contributed by atoms with E-state index in [1.54, 1.807) is 10.6 Å². The molecule has 2 aromatic carbocycles. The van der Waals surface area contributed by atoms with Gasteiger partial charge in [-0.05, 0) is 55.7 Å². The molecule has 3 aromatic rings. The number of nitrogens with one attached hydrogen (secondary N) is 1. The van der Waals surface area contributed by atoms with Gasteiger partial charge in [0.05, 0.1) is 22.3 Å². The van der Waals surface area contributed by atoms with Crippen molar-refractivity contribution in [2.24, 2.45) is 0 Å². The molecular weight excluding hydrogens is 358 g/mol. The predicted octanol–water partition coefficient (Wildman–Crippen LogP) is 3.62. The van der Waals surface area contributed by atoms with Gasteiger partial charge in [0.25, 0.3) is 5.56 Å². The number of amides is 1. The Bertz CT molecular complexity index is 1040. The SMILES string of the molecule is CCCNC(=O)CSc1nc2ccccc2c(=O)n1-c1ccc(C)c(C)c1. The van der Waals surface area contributed by atoms with E-state index in [1.165, 1.54) is 11.8 Å². The zero-order valence-corrected chi connectivity index (χ0v) is 16.6. The Morgan fingerprint density at radius 1 is 1.15 bits per heavy atom. The molecule has 5 nitrogen and oxygen atoms in total. The Balaban J connectivity index is 2.08. The van der Waals surface area contributed by atoms with Gasteiger partial charge in [0.1, 0.15) is 0 Å². The van der Waals surface area contributed by atoms with Crippen LogP contribution in [-0.2, 0) is 4.79 Å². The lowest BCUT2D eigenvalue weighted by molar-refractivity contribution is -0.118. The first-order chi connectivity index (χ1) is 13.0. The van der Waals surface area contributed by atoms with Crippen LogP contribution in [0.15, 0.2) is 52.4 Å². The molecular formula is C21H23N3O2S. The molecule has 0 radical (unpaired) electrons. The second-order valence-corrected chi connectivity index (χ2v) is 7.40. The molecule has 0 spiro atoms. The van der Waals surface area contributed by atoms with Crippen LogP contribution in [0, 0.1) is 13.8 Å². The second kappa shape index (κ2) is 8.39. The summed E-state index contributed by atoms with van der Waals surface area (Å²) < 4.78 is 1.60. The Hall–Kier alpha value is -2.60. The molecule has 0 aliphatic carbocycles. The van der Waals surface area contributed by atoms with Gasteiger partial charge in [-0.2, -0.15) is 0 Å². The molecule has 140 valence electrons. The molecule has 0 fully saturated rings. The smallest absolute Gasteiger partial charge is 0.266 e. The van der Waals surface area contributed by atoms with Gasteiger partial charge in [-0.3, -0.25) is 14.2 Å². The van der Waals surface area contributed by atoms with Crippen LogP contribution in [0.5, 0.6) is 0 Å². The number of carbonyl (C=O) groups excluding carboxylic acids is 1. The minimum absolute atomic E-state index is 0.0594. The number of aromatic nitrogens is 2. The van der Waals surface area contributed by atoms with Gasteiger partial charge in [0.2, 0.25) is 5.91 Å². The number of hydrogen-bond donors (Lipinski definition) is 1. The minimum atomic E-state index is -0.125. The number of fused-ring (bicyclic) bond motifs is 1. The lowest BCUT2D eigenvalue weighted by Gasteiger charge is -2.14. The molecule has 0 aliphatic rings. The van der Waals surface area contributed by atoms with Crippen molar-refractivity contribution in [3.8, 4) is 5.69 Å². The number of aryl methyl sites for hydroxylation is 2. The molecule has 0 atom stereocenters. The zero-order valence-electron chi connectivity index (χ0n) is 15.8. The van der Waals surface area contributed by atoms with Gasteiger partial charge in [0, 0.05) is 6.54 Å². The summed E-state index contributed by atoms with van der Waals surface area (Å²) in [5, 5.41) is 3.94. The van der Waals surface area contributed by atoms with E-state index >= 15 is 0 Å². The van der Waals surface area contributed by atoms with Gasteiger partial charge in [-0.25, -0.2) is 4.98 Å². The number of carbonyl (C=O) groups is 1. The number of hydrogen-bond acceptors (Lipinski definition) is 4. The predicted molar refractivity (Wildman–Crippen MR) is 111 cm³/mol. The van der Waals surface area contributed by atoms with Crippen LogP contribution in [0.25, 0.3) is 16.6 Å². The molecule has 0 bridgehead atoms. The third kappa shape index (κ3) is 4.22. The van der Waals surface area contributed by atoms with Crippen molar-refractivity contribution in [1.29, 1.82) is 0 Å². The number of nitrogens with zero attached hydrogens (tertiary/aromatic N) is 2. The minimum Gasteiger partial charge on any atom is -0.355 e. The maximum Gasteiger partial charge on any atom is 0.266 e. The average molecular weight is 382 g/mol.